The van der Waals surface area contributed by atoms with E-state index in [4.69, 9.17) is 9.05 Å². The van der Waals surface area contributed by atoms with Crippen molar-refractivity contribution in [3.05, 3.63) is 35.9 Å². The molecule has 3 fully saturated rings. The van der Waals surface area contributed by atoms with Crippen LogP contribution in [0, 0.1) is 5.41 Å². The van der Waals surface area contributed by atoms with Gasteiger partial charge in [0.2, 0.25) is 0 Å². The van der Waals surface area contributed by atoms with Crippen LogP contribution >= 0.6 is 8.38 Å². The third kappa shape index (κ3) is 1.74. The zero-order chi connectivity index (χ0) is 11.9. The van der Waals surface area contributed by atoms with Gasteiger partial charge in [0.25, 0.3) is 0 Å². The molecule has 1 aromatic carbocycles. The van der Waals surface area contributed by atoms with E-state index in [-0.39, 0.29) is 0 Å². The van der Waals surface area contributed by atoms with Crippen LogP contribution in [-0.4, -0.2) is 19.4 Å². The summed E-state index contributed by atoms with van der Waals surface area (Å²) in [6, 6.07) is 10.8. The zero-order valence-electron chi connectivity index (χ0n) is 10.5. The third-order valence-corrected chi connectivity index (χ3v) is 6.17. The molecule has 0 heterocycles. The summed E-state index contributed by atoms with van der Waals surface area (Å²) in [5.41, 5.74) is 2.04. The first-order valence-electron chi connectivity index (χ1n) is 6.14. The molecule has 2 nitrogen and oxygen atoms in total. The van der Waals surface area contributed by atoms with E-state index >= 15 is 0 Å². The Morgan fingerprint density at radius 3 is 2.18 bits per heavy atom. The summed E-state index contributed by atoms with van der Waals surface area (Å²) >= 11 is 0. The molecule has 3 aliphatic rings. The third-order valence-electron chi connectivity index (χ3n) is 4.25. The maximum Gasteiger partial charge on any atom is 0.176 e. The van der Waals surface area contributed by atoms with Gasteiger partial charge in [0, 0.05) is 19.4 Å². The number of rotatable bonds is 5. The van der Waals surface area contributed by atoms with Crippen molar-refractivity contribution in [3.8, 4) is 0 Å². The van der Waals surface area contributed by atoms with Gasteiger partial charge in [0.15, 0.2) is 8.38 Å². The lowest BCUT2D eigenvalue weighted by Crippen LogP contribution is -2.66. The topological polar surface area (TPSA) is 18.5 Å². The van der Waals surface area contributed by atoms with Gasteiger partial charge in [0.1, 0.15) is 0 Å². The van der Waals surface area contributed by atoms with Crippen molar-refractivity contribution < 1.29 is 9.05 Å². The van der Waals surface area contributed by atoms with E-state index in [9.17, 15) is 0 Å². The monoisotopic (exact) mass is 250 g/mol. The molecule has 0 amide bonds. The van der Waals surface area contributed by atoms with E-state index in [2.05, 4.69) is 30.3 Å². The normalized spacial score (nSPS) is 34.3. The quantitative estimate of drug-likeness (QED) is 0.741. The van der Waals surface area contributed by atoms with Crippen LogP contribution in [0.1, 0.15) is 24.8 Å². The first kappa shape index (κ1) is 11.6. The minimum absolute atomic E-state index is 0.396. The smallest absolute Gasteiger partial charge is 0.176 e. The van der Waals surface area contributed by atoms with E-state index < -0.39 is 8.38 Å². The molecule has 17 heavy (non-hydrogen) atoms. The Kier molecular flexibility index (Phi) is 2.77. The second-order valence-electron chi connectivity index (χ2n) is 5.54. The lowest BCUT2D eigenvalue weighted by Gasteiger charge is -2.71. The summed E-state index contributed by atoms with van der Waals surface area (Å²) < 4.78 is 11.0. The first-order valence-corrected chi connectivity index (χ1v) is 7.32. The minimum atomic E-state index is -0.653. The highest BCUT2D eigenvalue weighted by molar-refractivity contribution is 7.49. The van der Waals surface area contributed by atoms with Crippen molar-refractivity contribution in [1.29, 1.82) is 0 Å². The largest absolute Gasteiger partial charge is 0.337 e. The molecular formula is C14H19O2P. The lowest BCUT2D eigenvalue weighted by atomic mass is 9.42. The first-order chi connectivity index (χ1) is 8.22. The van der Waals surface area contributed by atoms with Crippen molar-refractivity contribution >= 4 is 8.38 Å². The van der Waals surface area contributed by atoms with Crippen molar-refractivity contribution in [2.45, 2.75) is 30.8 Å². The molecule has 3 aliphatic carbocycles. The van der Waals surface area contributed by atoms with Gasteiger partial charge < -0.3 is 9.05 Å². The molecule has 0 unspecified atom stereocenters. The molecule has 4 rings (SSSR count). The highest BCUT2D eigenvalue weighted by Gasteiger charge is 2.71. The molecule has 92 valence electrons. The maximum absolute atomic E-state index is 5.48. The summed E-state index contributed by atoms with van der Waals surface area (Å²) in [5, 5.41) is 0.396. The van der Waals surface area contributed by atoms with Gasteiger partial charge in [0.05, 0.1) is 0 Å². The highest BCUT2D eigenvalue weighted by Crippen LogP contribution is 2.81. The average Bonchev–Trinajstić information content (AvgIpc) is 2.27. The van der Waals surface area contributed by atoms with Crippen molar-refractivity contribution in [2.75, 3.05) is 14.2 Å². The number of hydrogen-bond donors (Lipinski definition) is 0. The molecule has 0 N–H and O–H groups in total. The Bertz CT molecular complexity index is 380. The molecule has 3 heteroatoms. The molecule has 0 aliphatic heterocycles. The number of hydrogen-bond acceptors (Lipinski definition) is 2. The predicted molar refractivity (Wildman–Crippen MR) is 70.1 cm³/mol. The van der Waals surface area contributed by atoms with Crippen LogP contribution in [0.25, 0.3) is 0 Å². The molecule has 0 aromatic heterocycles. The van der Waals surface area contributed by atoms with Crippen LogP contribution in [-0.2, 0) is 15.5 Å². The fourth-order valence-electron chi connectivity index (χ4n) is 3.81. The van der Waals surface area contributed by atoms with Crippen molar-refractivity contribution in [1.82, 2.24) is 0 Å². The molecule has 0 atom stereocenters. The van der Waals surface area contributed by atoms with Gasteiger partial charge in [-0.25, -0.2) is 0 Å². The van der Waals surface area contributed by atoms with Gasteiger partial charge in [-0.05, 0) is 36.7 Å². The van der Waals surface area contributed by atoms with Gasteiger partial charge in [-0.2, -0.15) is 0 Å². The summed E-state index contributed by atoms with van der Waals surface area (Å²) in [6.45, 7) is 0. The summed E-state index contributed by atoms with van der Waals surface area (Å²) in [7, 11) is 2.90. The van der Waals surface area contributed by atoms with Crippen molar-refractivity contribution in [2.24, 2.45) is 5.41 Å². The Hall–Kier alpha value is -0.430. The summed E-state index contributed by atoms with van der Waals surface area (Å²) in [6.07, 6.45) is 5.11. The average molecular weight is 250 g/mol. The van der Waals surface area contributed by atoms with Crippen LogP contribution in [0.15, 0.2) is 30.3 Å². The molecule has 0 saturated heterocycles. The van der Waals surface area contributed by atoms with Crippen LogP contribution in [0.4, 0.5) is 0 Å². The Morgan fingerprint density at radius 2 is 1.65 bits per heavy atom. The summed E-state index contributed by atoms with van der Waals surface area (Å²) in [5.74, 6) is 0. The van der Waals surface area contributed by atoms with Gasteiger partial charge in [-0.3, -0.25) is 0 Å². The second kappa shape index (κ2) is 4.05. The predicted octanol–water partition coefficient (Wildman–Crippen LogP) is 3.76. The van der Waals surface area contributed by atoms with E-state index in [1.165, 1.54) is 31.2 Å². The molecule has 3 saturated carbocycles. The van der Waals surface area contributed by atoms with Gasteiger partial charge in [-0.1, -0.05) is 30.3 Å². The van der Waals surface area contributed by atoms with Crippen molar-refractivity contribution in [3.63, 3.8) is 0 Å². The Balaban J connectivity index is 1.62. The molecule has 0 spiro atoms. The van der Waals surface area contributed by atoms with Gasteiger partial charge >= 0.3 is 0 Å². The zero-order valence-corrected chi connectivity index (χ0v) is 11.4. The van der Waals surface area contributed by atoms with E-state index in [1.807, 2.05) is 0 Å². The minimum Gasteiger partial charge on any atom is -0.337 e. The number of benzene rings is 1. The van der Waals surface area contributed by atoms with E-state index in [0.717, 1.165) is 0 Å². The molecule has 0 radical (unpaired) electrons. The van der Waals surface area contributed by atoms with Crippen LogP contribution in [0.3, 0.4) is 0 Å². The molecule has 1 aromatic rings. The second-order valence-corrected chi connectivity index (χ2v) is 7.73. The molecular weight excluding hydrogens is 231 g/mol. The Morgan fingerprint density at radius 1 is 1.06 bits per heavy atom. The van der Waals surface area contributed by atoms with Crippen LogP contribution in [0.2, 0.25) is 0 Å². The fraction of sp³-hybridized carbons (Fsp3) is 0.571. The SMILES string of the molecule is COP(OC)C12CC(Cc3ccccc3)(C1)C2. The Labute approximate surface area is 104 Å². The highest BCUT2D eigenvalue weighted by atomic mass is 31.2. The van der Waals surface area contributed by atoms with Crippen LogP contribution < -0.4 is 0 Å². The maximum atomic E-state index is 5.48. The molecule has 2 bridgehead atoms. The van der Waals surface area contributed by atoms with Crippen LogP contribution in [0.5, 0.6) is 0 Å². The van der Waals surface area contributed by atoms with E-state index in [0.29, 0.717) is 10.6 Å². The van der Waals surface area contributed by atoms with Gasteiger partial charge in [-0.15, -0.1) is 0 Å². The van der Waals surface area contributed by atoms with E-state index in [1.54, 1.807) is 14.2 Å². The fourth-order valence-corrected chi connectivity index (χ4v) is 6.13. The standard InChI is InChI=1S/C14H19O2P/c1-15-17(16-2)14-9-13(10-14,11-14)8-12-6-4-3-5-7-12/h3-7H,8-11H2,1-2H3. The lowest BCUT2D eigenvalue weighted by molar-refractivity contribution is -0.0887. The summed E-state index contributed by atoms with van der Waals surface area (Å²) in [4.78, 5) is 0.